The zero-order valence-electron chi connectivity index (χ0n) is 11.7. The highest BCUT2D eigenvalue weighted by molar-refractivity contribution is 5.25. The van der Waals surface area contributed by atoms with Crippen molar-refractivity contribution in [2.75, 3.05) is 0 Å². The first kappa shape index (κ1) is 12.2. The lowest BCUT2D eigenvalue weighted by atomic mass is 9.58. The van der Waals surface area contributed by atoms with Crippen molar-refractivity contribution in [1.82, 2.24) is 0 Å². The van der Waals surface area contributed by atoms with Gasteiger partial charge in [-0.2, -0.15) is 0 Å². The van der Waals surface area contributed by atoms with Crippen LogP contribution in [0, 0.1) is 16.7 Å². The van der Waals surface area contributed by atoms with Crippen molar-refractivity contribution >= 4 is 0 Å². The predicted octanol–water partition coefficient (Wildman–Crippen LogP) is 3.81. The molecule has 1 nitrogen and oxygen atoms in total. The lowest BCUT2D eigenvalue weighted by molar-refractivity contribution is -0.141. The monoisotopic (exact) mass is 244 g/mol. The molecule has 2 aliphatic rings. The Labute approximate surface area is 110 Å². The summed E-state index contributed by atoms with van der Waals surface area (Å²) in [5.41, 5.74) is 0.860. The molecule has 3 unspecified atom stereocenters. The van der Waals surface area contributed by atoms with E-state index in [0.717, 1.165) is 6.42 Å². The summed E-state index contributed by atoms with van der Waals surface area (Å²) >= 11 is 0. The standard InChI is InChI=1S/C17H24O/c1-15(2)14-9-10-16(3,12-14)17(15,18)11-13-7-5-4-6-8-13/h4-8,14,18H,9-12H2,1-3H3. The number of hydrogen-bond donors (Lipinski definition) is 1. The molecule has 1 N–H and O–H groups in total. The average Bonchev–Trinajstić information content (AvgIpc) is 2.79. The lowest BCUT2D eigenvalue weighted by Gasteiger charge is -2.51. The van der Waals surface area contributed by atoms with Crippen molar-refractivity contribution < 1.29 is 5.11 Å². The van der Waals surface area contributed by atoms with E-state index in [-0.39, 0.29) is 10.8 Å². The van der Waals surface area contributed by atoms with E-state index < -0.39 is 5.60 Å². The molecule has 0 heterocycles. The molecule has 1 aromatic rings. The van der Waals surface area contributed by atoms with Gasteiger partial charge in [-0.05, 0) is 41.6 Å². The molecule has 18 heavy (non-hydrogen) atoms. The van der Waals surface area contributed by atoms with Gasteiger partial charge in [0.1, 0.15) is 0 Å². The van der Waals surface area contributed by atoms with E-state index in [9.17, 15) is 5.11 Å². The molecule has 3 atom stereocenters. The van der Waals surface area contributed by atoms with E-state index in [1.165, 1.54) is 24.8 Å². The quantitative estimate of drug-likeness (QED) is 0.839. The molecule has 0 aliphatic heterocycles. The van der Waals surface area contributed by atoms with Crippen LogP contribution in [0.2, 0.25) is 0 Å². The van der Waals surface area contributed by atoms with Crippen LogP contribution in [-0.2, 0) is 6.42 Å². The van der Waals surface area contributed by atoms with Crippen LogP contribution in [0.1, 0.15) is 45.6 Å². The normalized spacial score (nSPS) is 41.2. The van der Waals surface area contributed by atoms with Crippen molar-refractivity contribution in [3.63, 3.8) is 0 Å². The van der Waals surface area contributed by atoms with Crippen molar-refractivity contribution in [3.05, 3.63) is 35.9 Å². The molecular formula is C17H24O. The fraction of sp³-hybridized carbons (Fsp3) is 0.647. The number of benzene rings is 1. The Balaban J connectivity index is 1.98. The van der Waals surface area contributed by atoms with E-state index in [1.54, 1.807) is 0 Å². The van der Waals surface area contributed by atoms with Gasteiger partial charge in [-0.15, -0.1) is 0 Å². The van der Waals surface area contributed by atoms with Gasteiger partial charge in [0.15, 0.2) is 0 Å². The summed E-state index contributed by atoms with van der Waals surface area (Å²) < 4.78 is 0. The Morgan fingerprint density at radius 2 is 1.83 bits per heavy atom. The third-order valence-corrected chi connectivity index (χ3v) is 6.13. The number of hydrogen-bond acceptors (Lipinski definition) is 1. The molecule has 98 valence electrons. The van der Waals surface area contributed by atoms with Gasteiger partial charge in [-0.25, -0.2) is 0 Å². The molecule has 0 saturated heterocycles. The first-order valence-corrected chi connectivity index (χ1v) is 7.15. The first-order chi connectivity index (χ1) is 8.39. The van der Waals surface area contributed by atoms with Gasteiger partial charge >= 0.3 is 0 Å². The minimum Gasteiger partial charge on any atom is -0.388 e. The summed E-state index contributed by atoms with van der Waals surface area (Å²) in [5.74, 6) is 0.691. The summed E-state index contributed by atoms with van der Waals surface area (Å²) in [6, 6.07) is 10.5. The molecule has 0 aromatic heterocycles. The van der Waals surface area contributed by atoms with Crippen molar-refractivity contribution in [3.8, 4) is 0 Å². The Hall–Kier alpha value is -0.820. The first-order valence-electron chi connectivity index (χ1n) is 7.15. The van der Waals surface area contributed by atoms with Gasteiger partial charge < -0.3 is 5.11 Å². The van der Waals surface area contributed by atoms with E-state index >= 15 is 0 Å². The van der Waals surface area contributed by atoms with Crippen molar-refractivity contribution in [1.29, 1.82) is 0 Å². The summed E-state index contributed by atoms with van der Waals surface area (Å²) in [6.45, 7) is 6.83. The highest BCUT2D eigenvalue weighted by Gasteiger charge is 2.67. The Bertz CT molecular complexity index is 443. The SMILES string of the molecule is CC12CCC(C1)C(C)(C)C2(O)Cc1ccccc1. The topological polar surface area (TPSA) is 20.2 Å². The second-order valence-electron chi connectivity index (χ2n) is 7.24. The van der Waals surface area contributed by atoms with E-state index in [2.05, 4.69) is 45.0 Å². The third-order valence-electron chi connectivity index (χ3n) is 6.13. The largest absolute Gasteiger partial charge is 0.388 e. The molecule has 2 fully saturated rings. The number of rotatable bonds is 2. The summed E-state index contributed by atoms with van der Waals surface area (Å²) in [5, 5.41) is 11.4. The van der Waals surface area contributed by atoms with Crippen molar-refractivity contribution in [2.24, 2.45) is 16.7 Å². The van der Waals surface area contributed by atoms with Crippen LogP contribution >= 0.6 is 0 Å². The van der Waals surface area contributed by atoms with Crippen molar-refractivity contribution in [2.45, 2.75) is 52.1 Å². The fourth-order valence-corrected chi connectivity index (χ4v) is 4.68. The van der Waals surface area contributed by atoms with E-state index in [0.29, 0.717) is 5.92 Å². The highest BCUT2D eigenvalue weighted by atomic mass is 16.3. The molecule has 0 amide bonds. The van der Waals surface area contributed by atoms with Crippen LogP contribution < -0.4 is 0 Å². The Kier molecular flexibility index (Phi) is 2.45. The Morgan fingerprint density at radius 1 is 1.17 bits per heavy atom. The maximum atomic E-state index is 11.4. The molecule has 2 aliphatic carbocycles. The zero-order valence-corrected chi connectivity index (χ0v) is 11.7. The molecular weight excluding hydrogens is 220 g/mol. The lowest BCUT2D eigenvalue weighted by Crippen LogP contribution is -2.55. The van der Waals surface area contributed by atoms with Crippen LogP contribution in [0.25, 0.3) is 0 Å². The van der Waals surface area contributed by atoms with Crippen LogP contribution in [-0.4, -0.2) is 10.7 Å². The average molecular weight is 244 g/mol. The maximum Gasteiger partial charge on any atom is 0.0794 e. The maximum absolute atomic E-state index is 11.4. The third kappa shape index (κ3) is 1.37. The highest BCUT2D eigenvalue weighted by Crippen LogP contribution is 2.68. The number of aliphatic hydroxyl groups is 1. The smallest absolute Gasteiger partial charge is 0.0794 e. The van der Waals surface area contributed by atoms with Gasteiger partial charge in [0.05, 0.1) is 5.60 Å². The van der Waals surface area contributed by atoms with Gasteiger partial charge in [0, 0.05) is 6.42 Å². The van der Waals surface area contributed by atoms with E-state index in [4.69, 9.17) is 0 Å². The van der Waals surface area contributed by atoms with Crippen LogP contribution in [0.3, 0.4) is 0 Å². The van der Waals surface area contributed by atoms with Crippen LogP contribution in [0.4, 0.5) is 0 Å². The molecule has 1 aromatic carbocycles. The molecule has 1 heteroatoms. The zero-order chi connectivity index (χ0) is 13.0. The fourth-order valence-electron chi connectivity index (χ4n) is 4.68. The van der Waals surface area contributed by atoms with E-state index in [1.807, 2.05) is 6.07 Å². The summed E-state index contributed by atoms with van der Waals surface area (Å²) in [4.78, 5) is 0. The molecule has 0 spiro atoms. The predicted molar refractivity (Wildman–Crippen MR) is 74.3 cm³/mol. The van der Waals surface area contributed by atoms with Gasteiger partial charge in [0.25, 0.3) is 0 Å². The second kappa shape index (κ2) is 3.60. The van der Waals surface area contributed by atoms with Gasteiger partial charge in [-0.1, -0.05) is 51.1 Å². The van der Waals surface area contributed by atoms with Gasteiger partial charge in [0.2, 0.25) is 0 Å². The molecule has 2 bridgehead atoms. The molecule has 2 saturated carbocycles. The molecule has 0 radical (unpaired) electrons. The molecule has 3 rings (SSSR count). The minimum atomic E-state index is -0.551. The second-order valence-corrected chi connectivity index (χ2v) is 7.24. The van der Waals surface area contributed by atoms with Crippen LogP contribution in [0.5, 0.6) is 0 Å². The summed E-state index contributed by atoms with van der Waals surface area (Å²) in [6.07, 6.45) is 4.47. The minimum absolute atomic E-state index is 0.0375. The van der Waals surface area contributed by atoms with Gasteiger partial charge in [-0.3, -0.25) is 0 Å². The number of fused-ring (bicyclic) bond motifs is 2. The Morgan fingerprint density at radius 3 is 2.39 bits per heavy atom. The summed E-state index contributed by atoms with van der Waals surface area (Å²) in [7, 11) is 0. The van der Waals surface area contributed by atoms with Crippen LogP contribution in [0.15, 0.2) is 30.3 Å².